The van der Waals surface area contributed by atoms with Gasteiger partial charge < -0.3 is 10.4 Å². The number of aliphatic hydroxyl groups is 1. The van der Waals surface area contributed by atoms with Crippen LogP contribution in [0, 0.1) is 5.92 Å². The minimum Gasteiger partial charge on any atom is -0.383 e. The summed E-state index contributed by atoms with van der Waals surface area (Å²) in [5, 5.41) is 17.3. The molecule has 0 spiro atoms. The molecule has 1 aliphatic carbocycles. The largest absolute Gasteiger partial charge is 0.383 e. The van der Waals surface area contributed by atoms with E-state index in [1.54, 1.807) is 22.7 Å². The molecule has 0 bridgehead atoms. The molecule has 2 aromatic heterocycles. The van der Waals surface area contributed by atoms with E-state index in [-0.39, 0.29) is 5.91 Å². The summed E-state index contributed by atoms with van der Waals surface area (Å²) in [5.41, 5.74) is 0.935. The lowest BCUT2D eigenvalue weighted by Gasteiger charge is -2.20. The fraction of sp³-hybridized carbons (Fsp3) is 0.500. The van der Waals surface area contributed by atoms with Gasteiger partial charge in [-0.15, -0.1) is 11.3 Å². The molecule has 23 heavy (non-hydrogen) atoms. The van der Waals surface area contributed by atoms with Gasteiger partial charge in [-0.05, 0) is 53.3 Å². The topological polar surface area (TPSA) is 49.3 Å². The summed E-state index contributed by atoms with van der Waals surface area (Å²) in [6.07, 6.45) is 6.36. The lowest BCUT2D eigenvalue weighted by atomic mass is 9.87. The summed E-state index contributed by atoms with van der Waals surface area (Å²) < 4.78 is 0. The normalized spacial score (nSPS) is 17.1. The Labute approximate surface area is 145 Å². The SMILES string of the molecule is O=C(CC1CCCCC1)NCc1ccc(C(O)c2ccsc2)s1. The third-order valence-electron chi connectivity index (χ3n) is 4.47. The molecule has 2 heterocycles. The minimum absolute atomic E-state index is 0.158. The third kappa shape index (κ3) is 4.66. The van der Waals surface area contributed by atoms with Crippen LogP contribution in [0.4, 0.5) is 0 Å². The highest BCUT2D eigenvalue weighted by molar-refractivity contribution is 7.12. The number of aliphatic hydroxyl groups excluding tert-OH is 1. The van der Waals surface area contributed by atoms with E-state index in [0.29, 0.717) is 18.9 Å². The van der Waals surface area contributed by atoms with E-state index >= 15 is 0 Å². The minimum atomic E-state index is -0.557. The number of nitrogens with one attached hydrogen (secondary N) is 1. The number of carbonyl (C=O) groups excluding carboxylic acids is 1. The number of hydrogen-bond donors (Lipinski definition) is 2. The van der Waals surface area contributed by atoms with Crippen LogP contribution in [0.1, 0.15) is 59.9 Å². The monoisotopic (exact) mass is 349 g/mol. The Hall–Kier alpha value is -1.17. The second-order valence-corrected chi connectivity index (χ2v) is 8.23. The van der Waals surface area contributed by atoms with E-state index in [2.05, 4.69) is 5.32 Å². The highest BCUT2D eigenvalue weighted by Crippen LogP contribution is 2.30. The van der Waals surface area contributed by atoms with Crippen molar-refractivity contribution in [1.82, 2.24) is 5.32 Å². The van der Waals surface area contributed by atoms with Crippen molar-refractivity contribution in [2.75, 3.05) is 0 Å². The van der Waals surface area contributed by atoms with Gasteiger partial charge in [0.1, 0.15) is 6.10 Å². The first-order chi connectivity index (χ1) is 11.2. The van der Waals surface area contributed by atoms with Gasteiger partial charge >= 0.3 is 0 Å². The van der Waals surface area contributed by atoms with Crippen molar-refractivity contribution in [2.45, 2.75) is 51.2 Å². The van der Waals surface area contributed by atoms with Crippen LogP contribution < -0.4 is 5.32 Å². The van der Waals surface area contributed by atoms with E-state index < -0.39 is 6.10 Å². The Morgan fingerprint density at radius 2 is 2.09 bits per heavy atom. The molecule has 1 amide bonds. The van der Waals surface area contributed by atoms with E-state index in [0.717, 1.165) is 15.3 Å². The number of hydrogen-bond acceptors (Lipinski definition) is 4. The second-order valence-electron chi connectivity index (χ2n) is 6.25. The van der Waals surface area contributed by atoms with Gasteiger partial charge in [0.15, 0.2) is 0 Å². The second kappa shape index (κ2) is 8.08. The number of carbonyl (C=O) groups is 1. The van der Waals surface area contributed by atoms with Crippen LogP contribution in [-0.4, -0.2) is 11.0 Å². The molecule has 124 valence electrons. The molecule has 2 N–H and O–H groups in total. The van der Waals surface area contributed by atoms with Crippen molar-refractivity contribution in [3.63, 3.8) is 0 Å². The molecule has 1 fully saturated rings. The van der Waals surface area contributed by atoms with Gasteiger partial charge in [-0.25, -0.2) is 0 Å². The zero-order valence-corrected chi connectivity index (χ0v) is 14.8. The molecule has 2 aromatic rings. The van der Waals surface area contributed by atoms with Crippen molar-refractivity contribution in [3.8, 4) is 0 Å². The van der Waals surface area contributed by atoms with Gasteiger partial charge in [-0.2, -0.15) is 11.3 Å². The quantitative estimate of drug-likeness (QED) is 0.808. The van der Waals surface area contributed by atoms with Crippen LogP contribution in [0.15, 0.2) is 29.0 Å². The van der Waals surface area contributed by atoms with Gasteiger partial charge in [0.25, 0.3) is 0 Å². The van der Waals surface area contributed by atoms with Crippen LogP contribution in [-0.2, 0) is 11.3 Å². The highest BCUT2D eigenvalue weighted by Gasteiger charge is 2.17. The zero-order valence-electron chi connectivity index (χ0n) is 13.2. The van der Waals surface area contributed by atoms with Crippen molar-refractivity contribution >= 4 is 28.6 Å². The molecule has 1 saturated carbocycles. The van der Waals surface area contributed by atoms with Crippen LogP contribution >= 0.6 is 22.7 Å². The number of amides is 1. The molecule has 0 saturated heterocycles. The summed E-state index contributed by atoms with van der Waals surface area (Å²) in [5.74, 6) is 0.730. The zero-order chi connectivity index (χ0) is 16.1. The maximum Gasteiger partial charge on any atom is 0.220 e. The standard InChI is InChI=1S/C18H23NO2S2/c20-17(10-13-4-2-1-3-5-13)19-11-15-6-7-16(23-15)18(21)14-8-9-22-12-14/h6-9,12-13,18,21H,1-5,10-11H2,(H,19,20). The summed E-state index contributed by atoms with van der Waals surface area (Å²) in [4.78, 5) is 14.1. The smallest absolute Gasteiger partial charge is 0.220 e. The molecular formula is C18H23NO2S2. The summed E-state index contributed by atoms with van der Waals surface area (Å²) in [6.45, 7) is 0.562. The Balaban J connectivity index is 1.48. The maximum atomic E-state index is 12.1. The van der Waals surface area contributed by atoms with Gasteiger partial charge in [-0.3, -0.25) is 4.79 Å². The first-order valence-electron chi connectivity index (χ1n) is 8.28. The van der Waals surface area contributed by atoms with E-state index in [1.807, 2.05) is 29.0 Å². The average molecular weight is 350 g/mol. The van der Waals surface area contributed by atoms with Crippen molar-refractivity contribution in [2.24, 2.45) is 5.92 Å². The van der Waals surface area contributed by atoms with Crippen LogP contribution in [0.2, 0.25) is 0 Å². The molecule has 0 aromatic carbocycles. The van der Waals surface area contributed by atoms with Crippen molar-refractivity contribution in [3.05, 3.63) is 44.3 Å². The van der Waals surface area contributed by atoms with Crippen LogP contribution in [0.5, 0.6) is 0 Å². The molecule has 1 aliphatic rings. The molecule has 5 heteroatoms. The van der Waals surface area contributed by atoms with Gasteiger partial charge in [0.05, 0.1) is 6.54 Å². The molecular weight excluding hydrogens is 326 g/mol. The predicted octanol–water partition coefficient (Wildman–Crippen LogP) is 4.48. The summed E-state index contributed by atoms with van der Waals surface area (Å²) in [6, 6.07) is 5.90. The molecule has 1 unspecified atom stereocenters. The molecule has 0 radical (unpaired) electrons. The third-order valence-corrected chi connectivity index (χ3v) is 6.31. The summed E-state index contributed by atoms with van der Waals surface area (Å²) in [7, 11) is 0. The summed E-state index contributed by atoms with van der Waals surface area (Å²) >= 11 is 3.15. The highest BCUT2D eigenvalue weighted by atomic mass is 32.1. The lowest BCUT2D eigenvalue weighted by molar-refractivity contribution is -0.122. The van der Waals surface area contributed by atoms with E-state index in [1.165, 1.54) is 32.1 Å². The van der Waals surface area contributed by atoms with Crippen molar-refractivity contribution < 1.29 is 9.90 Å². The van der Waals surface area contributed by atoms with Gasteiger partial charge in [0, 0.05) is 16.2 Å². The Morgan fingerprint density at radius 1 is 1.26 bits per heavy atom. The van der Waals surface area contributed by atoms with Crippen LogP contribution in [0.3, 0.4) is 0 Å². The molecule has 3 rings (SSSR count). The average Bonchev–Trinajstić information content (AvgIpc) is 3.25. The molecule has 0 aliphatic heterocycles. The van der Waals surface area contributed by atoms with Gasteiger partial charge in [0.2, 0.25) is 5.91 Å². The first kappa shape index (κ1) is 16.7. The molecule has 3 nitrogen and oxygen atoms in total. The maximum absolute atomic E-state index is 12.1. The van der Waals surface area contributed by atoms with Crippen molar-refractivity contribution in [1.29, 1.82) is 0 Å². The Morgan fingerprint density at radius 3 is 2.83 bits per heavy atom. The number of rotatable bonds is 6. The lowest BCUT2D eigenvalue weighted by Crippen LogP contribution is -2.25. The van der Waals surface area contributed by atoms with Gasteiger partial charge in [-0.1, -0.05) is 19.3 Å². The fourth-order valence-corrected chi connectivity index (χ4v) is 4.79. The van der Waals surface area contributed by atoms with Crippen LogP contribution in [0.25, 0.3) is 0 Å². The molecule has 1 atom stereocenters. The fourth-order valence-electron chi connectivity index (χ4n) is 3.14. The Kier molecular flexibility index (Phi) is 5.86. The predicted molar refractivity (Wildman–Crippen MR) is 95.7 cm³/mol. The van der Waals surface area contributed by atoms with E-state index in [9.17, 15) is 9.90 Å². The van der Waals surface area contributed by atoms with E-state index in [4.69, 9.17) is 0 Å². The first-order valence-corrected chi connectivity index (χ1v) is 10.0. The number of thiophene rings is 2. The Bertz CT molecular complexity index is 615.